The van der Waals surface area contributed by atoms with Gasteiger partial charge in [-0.2, -0.15) is 0 Å². The number of hydrogen-bond acceptors (Lipinski definition) is 4. The van der Waals surface area contributed by atoms with Gasteiger partial charge in [-0.15, -0.1) is 13.2 Å². The Morgan fingerprint density at radius 2 is 1.81 bits per heavy atom. The molecule has 1 saturated heterocycles. The molecule has 0 atom stereocenters. The molecule has 1 aliphatic heterocycles. The van der Waals surface area contributed by atoms with Gasteiger partial charge in [0, 0.05) is 19.3 Å². The molecular weight excluding hydrogens is 357 g/mol. The Kier molecular flexibility index (Phi) is 4.63. The van der Waals surface area contributed by atoms with E-state index in [1.807, 2.05) is 12.3 Å². The van der Waals surface area contributed by atoms with Gasteiger partial charge < -0.3 is 14.6 Å². The quantitative estimate of drug-likeness (QED) is 0.737. The number of hydrogen-bond donors (Lipinski definition) is 1. The minimum absolute atomic E-state index is 0.180. The molecule has 0 saturated carbocycles. The number of aromatic nitrogens is 3. The summed E-state index contributed by atoms with van der Waals surface area (Å²) in [6.07, 6.45) is 1.66. The van der Waals surface area contributed by atoms with E-state index in [0.717, 1.165) is 54.8 Å². The highest BCUT2D eigenvalue weighted by molar-refractivity contribution is 5.87. The van der Waals surface area contributed by atoms with Crippen LogP contribution in [0.25, 0.3) is 11.0 Å². The molecule has 1 aliphatic rings. The van der Waals surface area contributed by atoms with E-state index in [0.29, 0.717) is 5.92 Å². The van der Waals surface area contributed by atoms with E-state index in [1.54, 1.807) is 18.5 Å². The van der Waals surface area contributed by atoms with Crippen molar-refractivity contribution < 1.29 is 17.9 Å². The molecule has 0 aliphatic carbocycles. The molecule has 0 bridgehead atoms. The number of ether oxygens (including phenoxy) is 1. The molecule has 0 unspecified atom stereocenters. The minimum atomic E-state index is -4.65. The minimum Gasteiger partial charge on any atom is -0.406 e. The molecule has 4 rings (SSSR count). The van der Waals surface area contributed by atoms with Crippen LogP contribution in [0, 0.1) is 5.92 Å². The summed E-state index contributed by atoms with van der Waals surface area (Å²) >= 11 is 0. The first-order chi connectivity index (χ1) is 13.0. The second kappa shape index (κ2) is 7.09. The number of fused-ring (bicyclic) bond motifs is 1. The average Bonchev–Trinajstić information content (AvgIpc) is 3.12. The van der Waals surface area contributed by atoms with Gasteiger partial charge in [0.05, 0.1) is 5.39 Å². The third-order valence-corrected chi connectivity index (χ3v) is 4.93. The molecule has 0 amide bonds. The first kappa shape index (κ1) is 17.6. The number of nitrogens with one attached hydrogen (secondary N) is 1. The molecule has 8 heteroatoms. The largest absolute Gasteiger partial charge is 0.573 e. The van der Waals surface area contributed by atoms with Crippen LogP contribution in [0.2, 0.25) is 0 Å². The summed E-state index contributed by atoms with van der Waals surface area (Å²) in [7, 11) is 0. The number of piperidine rings is 1. The summed E-state index contributed by atoms with van der Waals surface area (Å²) < 4.78 is 40.6. The van der Waals surface area contributed by atoms with Crippen LogP contribution in [0.4, 0.5) is 19.0 Å². The Hall–Kier alpha value is -2.77. The van der Waals surface area contributed by atoms with Crippen molar-refractivity contribution in [2.75, 3.05) is 18.0 Å². The maximum atomic E-state index is 12.2. The van der Waals surface area contributed by atoms with Crippen molar-refractivity contribution in [1.82, 2.24) is 15.0 Å². The van der Waals surface area contributed by atoms with Gasteiger partial charge in [0.1, 0.15) is 23.5 Å². The van der Waals surface area contributed by atoms with E-state index < -0.39 is 6.36 Å². The molecule has 142 valence electrons. The van der Waals surface area contributed by atoms with Crippen molar-refractivity contribution in [2.24, 2.45) is 5.92 Å². The second-order valence-corrected chi connectivity index (χ2v) is 6.76. The molecule has 27 heavy (non-hydrogen) atoms. The van der Waals surface area contributed by atoms with Crippen LogP contribution in [0.15, 0.2) is 42.9 Å². The monoisotopic (exact) mass is 376 g/mol. The van der Waals surface area contributed by atoms with Gasteiger partial charge in [-0.3, -0.25) is 0 Å². The molecule has 1 fully saturated rings. The highest BCUT2D eigenvalue weighted by atomic mass is 19.4. The van der Waals surface area contributed by atoms with Crippen molar-refractivity contribution in [3.63, 3.8) is 0 Å². The third kappa shape index (κ3) is 4.15. The summed E-state index contributed by atoms with van der Waals surface area (Å²) in [5.74, 6) is 1.27. The molecular formula is C19H19F3N4O. The fraction of sp³-hybridized carbons (Fsp3) is 0.368. The van der Waals surface area contributed by atoms with Crippen molar-refractivity contribution >= 4 is 16.9 Å². The van der Waals surface area contributed by atoms with Crippen LogP contribution in [-0.2, 0) is 6.42 Å². The molecule has 2 aromatic heterocycles. The van der Waals surface area contributed by atoms with Crippen LogP contribution >= 0.6 is 0 Å². The normalized spacial score (nSPS) is 16.0. The van der Waals surface area contributed by atoms with Crippen LogP contribution in [0.1, 0.15) is 18.4 Å². The van der Waals surface area contributed by atoms with E-state index >= 15 is 0 Å². The summed E-state index contributed by atoms with van der Waals surface area (Å²) in [6.45, 7) is 1.80. The average molecular weight is 376 g/mol. The van der Waals surface area contributed by atoms with Crippen LogP contribution < -0.4 is 9.64 Å². The Bertz CT molecular complexity index is 899. The molecule has 3 aromatic rings. The highest BCUT2D eigenvalue weighted by Gasteiger charge is 2.31. The molecule has 1 N–H and O–H groups in total. The number of nitrogens with zero attached hydrogens (tertiary/aromatic N) is 3. The van der Waals surface area contributed by atoms with Crippen molar-refractivity contribution in [3.8, 4) is 5.75 Å². The number of alkyl halides is 3. The Morgan fingerprint density at radius 3 is 2.52 bits per heavy atom. The standard InChI is InChI=1S/C19H19F3N4O/c20-19(21,22)27-15-3-1-13(2-4-15)11-14-6-9-26(10-7-14)18-16-5-8-23-17(16)24-12-25-18/h1-5,8,12,14H,6-7,9-11H2,(H,23,24,25). The third-order valence-electron chi connectivity index (χ3n) is 4.93. The van der Waals surface area contributed by atoms with Gasteiger partial charge in [-0.05, 0) is 48.9 Å². The van der Waals surface area contributed by atoms with Crippen molar-refractivity contribution in [2.45, 2.75) is 25.6 Å². The van der Waals surface area contributed by atoms with Gasteiger partial charge in [0.2, 0.25) is 0 Å². The fourth-order valence-electron chi connectivity index (χ4n) is 3.62. The zero-order valence-electron chi connectivity index (χ0n) is 14.5. The topological polar surface area (TPSA) is 54.0 Å². The number of aromatic amines is 1. The lowest BCUT2D eigenvalue weighted by Gasteiger charge is -2.33. The molecule has 0 radical (unpaired) electrons. The number of benzene rings is 1. The van der Waals surface area contributed by atoms with Gasteiger partial charge in [-0.1, -0.05) is 12.1 Å². The smallest absolute Gasteiger partial charge is 0.406 e. The lowest BCUT2D eigenvalue weighted by molar-refractivity contribution is -0.274. The Balaban J connectivity index is 1.35. The summed E-state index contributed by atoms with van der Waals surface area (Å²) in [5, 5.41) is 1.02. The number of rotatable bonds is 4. The lowest BCUT2D eigenvalue weighted by Crippen LogP contribution is -2.35. The molecule has 3 heterocycles. The SMILES string of the molecule is FC(F)(F)Oc1ccc(CC2CCN(c3ncnc4[nH]ccc34)CC2)cc1. The zero-order valence-corrected chi connectivity index (χ0v) is 14.5. The number of H-pyrrole nitrogens is 1. The van der Waals surface area contributed by atoms with Gasteiger partial charge in [-0.25, -0.2) is 9.97 Å². The van der Waals surface area contributed by atoms with Gasteiger partial charge in [0.15, 0.2) is 0 Å². The predicted octanol–water partition coefficient (Wildman–Crippen LogP) is 4.32. The van der Waals surface area contributed by atoms with Gasteiger partial charge in [0.25, 0.3) is 0 Å². The van der Waals surface area contributed by atoms with Crippen molar-refractivity contribution in [3.05, 3.63) is 48.4 Å². The highest BCUT2D eigenvalue weighted by Crippen LogP contribution is 2.29. The maximum Gasteiger partial charge on any atom is 0.573 e. The zero-order chi connectivity index (χ0) is 18.9. The second-order valence-electron chi connectivity index (χ2n) is 6.76. The first-order valence-corrected chi connectivity index (χ1v) is 8.86. The van der Waals surface area contributed by atoms with E-state index in [2.05, 4.69) is 24.6 Å². The van der Waals surface area contributed by atoms with Gasteiger partial charge >= 0.3 is 6.36 Å². The van der Waals surface area contributed by atoms with E-state index in [1.165, 1.54) is 12.1 Å². The van der Waals surface area contributed by atoms with E-state index in [-0.39, 0.29) is 5.75 Å². The van der Waals surface area contributed by atoms with Crippen LogP contribution in [-0.4, -0.2) is 34.4 Å². The summed E-state index contributed by atoms with van der Waals surface area (Å²) in [4.78, 5) is 14.0. The predicted molar refractivity (Wildman–Crippen MR) is 95.7 cm³/mol. The molecule has 1 aromatic carbocycles. The summed E-state index contributed by atoms with van der Waals surface area (Å²) in [5.41, 5.74) is 1.86. The van der Waals surface area contributed by atoms with E-state index in [4.69, 9.17) is 0 Å². The number of anilines is 1. The Morgan fingerprint density at radius 1 is 1.07 bits per heavy atom. The van der Waals surface area contributed by atoms with Crippen LogP contribution in [0.3, 0.4) is 0 Å². The molecule has 5 nitrogen and oxygen atoms in total. The lowest BCUT2D eigenvalue weighted by atomic mass is 9.90. The number of halogens is 3. The summed E-state index contributed by atoms with van der Waals surface area (Å²) in [6, 6.07) is 8.16. The fourth-order valence-corrected chi connectivity index (χ4v) is 3.62. The Labute approximate surface area is 154 Å². The van der Waals surface area contributed by atoms with Crippen molar-refractivity contribution in [1.29, 1.82) is 0 Å². The molecule has 0 spiro atoms. The van der Waals surface area contributed by atoms with E-state index in [9.17, 15) is 13.2 Å². The maximum absolute atomic E-state index is 12.2. The first-order valence-electron chi connectivity index (χ1n) is 8.86. The van der Waals surface area contributed by atoms with Crippen LogP contribution in [0.5, 0.6) is 5.75 Å².